The second kappa shape index (κ2) is 8.41. The first-order chi connectivity index (χ1) is 9.94. The molecule has 0 heterocycles. The van der Waals surface area contributed by atoms with E-state index >= 15 is 0 Å². The molecule has 5 heteroatoms. The summed E-state index contributed by atoms with van der Waals surface area (Å²) in [6.45, 7) is 6.20. The van der Waals surface area contributed by atoms with Crippen molar-refractivity contribution in [1.82, 2.24) is 5.32 Å². The van der Waals surface area contributed by atoms with Gasteiger partial charge in [-0.15, -0.1) is 0 Å². The standard InChI is InChI=1S/C16H25NO3S/c1-4-17-16(15(19)20,14-8-6-5-7-9-14)10-11-21-13(3)12(2)18/h5-9,12-13,17-18H,4,10-11H2,1-3H3,(H,19,20). The fourth-order valence-corrected chi connectivity index (χ4v) is 3.28. The largest absolute Gasteiger partial charge is 0.480 e. The molecule has 0 saturated carbocycles. The lowest BCUT2D eigenvalue weighted by atomic mass is 9.87. The van der Waals surface area contributed by atoms with Gasteiger partial charge in [-0.3, -0.25) is 5.32 Å². The van der Waals surface area contributed by atoms with Gasteiger partial charge in [-0.2, -0.15) is 11.8 Å². The number of hydrogen-bond acceptors (Lipinski definition) is 4. The predicted molar refractivity (Wildman–Crippen MR) is 87.7 cm³/mol. The van der Waals surface area contributed by atoms with Crippen molar-refractivity contribution in [2.45, 2.75) is 44.1 Å². The van der Waals surface area contributed by atoms with Crippen LogP contribution in [0.15, 0.2) is 30.3 Å². The van der Waals surface area contributed by atoms with Gasteiger partial charge in [0.05, 0.1) is 6.10 Å². The first-order valence-corrected chi connectivity index (χ1v) is 8.32. The monoisotopic (exact) mass is 311 g/mol. The Labute approximate surface area is 131 Å². The number of thioether (sulfide) groups is 1. The Morgan fingerprint density at radius 3 is 2.43 bits per heavy atom. The van der Waals surface area contributed by atoms with Crippen LogP contribution in [-0.2, 0) is 10.3 Å². The molecule has 1 rings (SSSR count). The van der Waals surface area contributed by atoms with Crippen LogP contribution in [0, 0.1) is 0 Å². The van der Waals surface area contributed by atoms with Crippen LogP contribution < -0.4 is 5.32 Å². The van der Waals surface area contributed by atoms with E-state index < -0.39 is 17.6 Å². The van der Waals surface area contributed by atoms with Gasteiger partial charge < -0.3 is 10.2 Å². The van der Waals surface area contributed by atoms with Gasteiger partial charge in [-0.1, -0.05) is 44.2 Å². The van der Waals surface area contributed by atoms with E-state index in [2.05, 4.69) is 5.32 Å². The average molecular weight is 311 g/mol. The van der Waals surface area contributed by atoms with E-state index in [-0.39, 0.29) is 5.25 Å². The number of aliphatic carboxylic acids is 1. The van der Waals surface area contributed by atoms with Crippen LogP contribution in [0.5, 0.6) is 0 Å². The lowest BCUT2D eigenvalue weighted by molar-refractivity contribution is -0.145. The molecule has 0 aliphatic rings. The summed E-state index contributed by atoms with van der Waals surface area (Å²) in [4.78, 5) is 11.9. The second-order valence-corrected chi connectivity index (χ2v) is 6.66. The predicted octanol–water partition coefficient (Wildman–Crippen LogP) is 2.47. The molecule has 0 radical (unpaired) electrons. The zero-order valence-corrected chi connectivity index (χ0v) is 13.7. The Balaban J connectivity index is 2.90. The Bertz CT molecular complexity index is 438. The summed E-state index contributed by atoms with van der Waals surface area (Å²) in [5.41, 5.74) is -0.300. The highest BCUT2D eigenvalue weighted by Gasteiger charge is 2.39. The van der Waals surface area contributed by atoms with Crippen LogP contribution in [0.25, 0.3) is 0 Å². The van der Waals surface area contributed by atoms with Gasteiger partial charge in [0, 0.05) is 5.25 Å². The third kappa shape index (κ3) is 4.73. The summed E-state index contributed by atoms with van der Waals surface area (Å²) in [6, 6.07) is 9.29. The van der Waals surface area contributed by atoms with Crippen LogP contribution >= 0.6 is 11.8 Å². The molecule has 0 saturated heterocycles. The minimum absolute atomic E-state index is 0.0916. The normalized spacial score (nSPS) is 17.0. The molecule has 0 amide bonds. The third-order valence-corrected chi connectivity index (χ3v) is 5.01. The quantitative estimate of drug-likeness (QED) is 0.653. The van der Waals surface area contributed by atoms with E-state index in [4.69, 9.17) is 0 Å². The summed E-state index contributed by atoms with van der Waals surface area (Å²) < 4.78 is 0. The van der Waals surface area contributed by atoms with E-state index in [1.165, 1.54) is 0 Å². The summed E-state index contributed by atoms with van der Waals surface area (Å²) in [7, 11) is 0. The van der Waals surface area contributed by atoms with Crippen LogP contribution in [0.4, 0.5) is 0 Å². The van der Waals surface area contributed by atoms with Crippen molar-refractivity contribution < 1.29 is 15.0 Å². The highest BCUT2D eigenvalue weighted by molar-refractivity contribution is 7.99. The van der Waals surface area contributed by atoms with Gasteiger partial charge in [0.2, 0.25) is 0 Å². The molecule has 3 atom stereocenters. The van der Waals surface area contributed by atoms with Gasteiger partial charge in [-0.25, -0.2) is 4.79 Å². The van der Waals surface area contributed by atoms with E-state index in [1.807, 2.05) is 44.2 Å². The van der Waals surface area contributed by atoms with Gasteiger partial charge in [-0.05, 0) is 31.2 Å². The highest BCUT2D eigenvalue weighted by atomic mass is 32.2. The van der Waals surface area contributed by atoms with Crippen molar-refractivity contribution in [3.8, 4) is 0 Å². The number of aliphatic hydroxyl groups excluding tert-OH is 1. The van der Waals surface area contributed by atoms with Crippen molar-refractivity contribution in [1.29, 1.82) is 0 Å². The molecule has 118 valence electrons. The second-order valence-electron chi connectivity index (χ2n) is 5.17. The van der Waals surface area contributed by atoms with E-state index in [9.17, 15) is 15.0 Å². The minimum Gasteiger partial charge on any atom is -0.480 e. The third-order valence-electron chi connectivity index (χ3n) is 3.65. The molecule has 3 unspecified atom stereocenters. The van der Waals surface area contributed by atoms with Crippen molar-refractivity contribution in [3.05, 3.63) is 35.9 Å². The fraction of sp³-hybridized carbons (Fsp3) is 0.562. The molecule has 0 aliphatic carbocycles. The van der Waals surface area contributed by atoms with Gasteiger partial charge in [0.1, 0.15) is 5.54 Å². The molecule has 1 aromatic rings. The molecule has 0 fully saturated rings. The van der Waals surface area contributed by atoms with Crippen LogP contribution in [0.1, 0.15) is 32.8 Å². The molecular formula is C16H25NO3S. The first kappa shape index (κ1) is 18.0. The highest BCUT2D eigenvalue weighted by Crippen LogP contribution is 2.29. The SMILES string of the molecule is CCNC(CCSC(C)C(C)O)(C(=O)O)c1ccccc1. The Morgan fingerprint density at radius 1 is 1.33 bits per heavy atom. The summed E-state index contributed by atoms with van der Waals surface area (Å²) in [6.07, 6.45) is 0.0761. The minimum atomic E-state index is -1.07. The van der Waals surface area contributed by atoms with Gasteiger partial charge in [0.15, 0.2) is 0 Å². The zero-order chi connectivity index (χ0) is 15.9. The van der Waals surface area contributed by atoms with E-state index in [0.717, 1.165) is 5.56 Å². The van der Waals surface area contributed by atoms with Crippen LogP contribution in [0.2, 0.25) is 0 Å². The number of hydrogen-bond donors (Lipinski definition) is 3. The zero-order valence-electron chi connectivity index (χ0n) is 12.9. The lowest BCUT2D eigenvalue weighted by Crippen LogP contribution is -2.49. The van der Waals surface area contributed by atoms with Gasteiger partial charge in [0.25, 0.3) is 0 Å². The number of rotatable bonds is 9. The lowest BCUT2D eigenvalue weighted by Gasteiger charge is -2.31. The Kier molecular flexibility index (Phi) is 7.22. The summed E-state index contributed by atoms with van der Waals surface area (Å²) in [5.74, 6) is -0.193. The number of likely N-dealkylation sites (N-methyl/N-ethyl adjacent to an activating group) is 1. The number of carboxylic acids is 1. The van der Waals surface area contributed by atoms with Crippen LogP contribution in [0.3, 0.4) is 0 Å². The number of aliphatic hydroxyl groups is 1. The number of carboxylic acid groups (broad SMARTS) is 1. The maximum absolute atomic E-state index is 11.9. The Morgan fingerprint density at radius 2 is 1.95 bits per heavy atom. The number of benzene rings is 1. The molecule has 3 N–H and O–H groups in total. The molecule has 1 aromatic carbocycles. The van der Waals surface area contributed by atoms with Gasteiger partial charge >= 0.3 is 5.97 Å². The molecule has 0 aromatic heterocycles. The molecule has 0 spiro atoms. The number of carbonyl (C=O) groups is 1. The van der Waals surface area contributed by atoms with Crippen molar-refractivity contribution in [2.75, 3.05) is 12.3 Å². The van der Waals surface area contributed by atoms with Crippen molar-refractivity contribution >= 4 is 17.7 Å². The molecular weight excluding hydrogens is 286 g/mol. The number of nitrogens with one attached hydrogen (secondary N) is 1. The molecule has 0 aliphatic heterocycles. The maximum Gasteiger partial charge on any atom is 0.328 e. The summed E-state index contributed by atoms with van der Waals surface area (Å²) >= 11 is 1.60. The topological polar surface area (TPSA) is 69.6 Å². The first-order valence-electron chi connectivity index (χ1n) is 7.27. The molecule has 4 nitrogen and oxygen atoms in total. The molecule has 0 bridgehead atoms. The maximum atomic E-state index is 11.9. The smallest absolute Gasteiger partial charge is 0.328 e. The fourth-order valence-electron chi connectivity index (χ4n) is 2.20. The Hall–Kier alpha value is -1.04. The van der Waals surface area contributed by atoms with Crippen molar-refractivity contribution in [2.24, 2.45) is 0 Å². The van der Waals surface area contributed by atoms with Crippen molar-refractivity contribution in [3.63, 3.8) is 0 Å². The average Bonchev–Trinajstić information content (AvgIpc) is 2.46. The van der Waals surface area contributed by atoms with Crippen LogP contribution in [-0.4, -0.2) is 39.8 Å². The van der Waals surface area contributed by atoms with E-state index in [1.54, 1.807) is 18.7 Å². The van der Waals surface area contributed by atoms with E-state index in [0.29, 0.717) is 18.7 Å². The summed E-state index contributed by atoms with van der Waals surface area (Å²) in [5, 5.41) is 22.5. The molecule has 21 heavy (non-hydrogen) atoms.